The number of aromatic nitrogens is 3. The SMILES string of the molecule is C[C@H](CN1CCOCC1)NC(=O)NCc1nnc2n1CCCCC2. The number of hydrogen-bond acceptors (Lipinski definition) is 5. The van der Waals surface area contributed by atoms with Gasteiger partial charge in [0.05, 0.1) is 19.8 Å². The Morgan fingerprint density at radius 1 is 1.21 bits per heavy atom. The second-order valence-electron chi connectivity index (χ2n) is 6.64. The van der Waals surface area contributed by atoms with Crippen molar-refractivity contribution in [2.75, 3.05) is 32.8 Å². The predicted molar refractivity (Wildman–Crippen MR) is 89.7 cm³/mol. The Kier molecular flexibility index (Phi) is 6.03. The van der Waals surface area contributed by atoms with Crippen molar-refractivity contribution in [1.82, 2.24) is 30.3 Å². The van der Waals surface area contributed by atoms with Gasteiger partial charge >= 0.3 is 6.03 Å². The quantitative estimate of drug-likeness (QED) is 0.819. The standard InChI is InChI=1S/C16H28N6O2/c1-13(12-21-7-9-24-10-8-21)18-16(23)17-11-15-20-19-14-5-3-2-4-6-22(14)15/h13H,2-12H2,1H3,(H2,17,18,23)/t13-/m1/s1. The van der Waals surface area contributed by atoms with Crippen molar-refractivity contribution in [2.24, 2.45) is 0 Å². The molecule has 134 valence electrons. The molecule has 0 bridgehead atoms. The zero-order valence-electron chi connectivity index (χ0n) is 14.5. The maximum Gasteiger partial charge on any atom is 0.315 e. The summed E-state index contributed by atoms with van der Waals surface area (Å²) >= 11 is 0. The fourth-order valence-corrected chi connectivity index (χ4v) is 3.33. The molecule has 0 spiro atoms. The van der Waals surface area contributed by atoms with Gasteiger partial charge in [-0.2, -0.15) is 0 Å². The van der Waals surface area contributed by atoms with Crippen molar-refractivity contribution in [1.29, 1.82) is 0 Å². The van der Waals surface area contributed by atoms with E-state index in [-0.39, 0.29) is 12.1 Å². The van der Waals surface area contributed by atoms with Gasteiger partial charge in [0.25, 0.3) is 0 Å². The molecule has 0 radical (unpaired) electrons. The second-order valence-corrected chi connectivity index (χ2v) is 6.64. The maximum absolute atomic E-state index is 12.1. The van der Waals surface area contributed by atoms with Crippen LogP contribution in [0.2, 0.25) is 0 Å². The van der Waals surface area contributed by atoms with Gasteiger partial charge in [-0.15, -0.1) is 10.2 Å². The number of nitrogens with zero attached hydrogens (tertiary/aromatic N) is 4. The Hall–Kier alpha value is -1.67. The number of carbonyl (C=O) groups excluding carboxylic acids is 1. The molecule has 1 atom stereocenters. The summed E-state index contributed by atoms with van der Waals surface area (Å²) in [6.45, 7) is 7.65. The lowest BCUT2D eigenvalue weighted by Gasteiger charge is -2.29. The van der Waals surface area contributed by atoms with E-state index < -0.39 is 0 Å². The van der Waals surface area contributed by atoms with Gasteiger partial charge in [-0.3, -0.25) is 4.90 Å². The van der Waals surface area contributed by atoms with Crippen LogP contribution in [0.3, 0.4) is 0 Å². The van der Waals surface area contributed by atoms with Crippen LogP contribution in [0.15, 0.2) is 0 Å². The van der Waals surface area contributed by atoms with Crippen LogP contribution in [-0.4, -0.2) is 64.6 Å². The lowest BCUT2D eigenvalue weighted by Crippen LogP contribution is -2.48. The van der Waals surface area contributed by atoms with Crippen LogP contribution in [0, 0.1) is 0 Å². The van der Waals surface area contributed by atoms with Gasteiger partial charge in [-0.25, -0.2) is 4.79 Å². The van der Waals surface area contributed by atoms with Crippen molar-refractivity contribution in [2.45, 2.75) is 51.7 Å². The molecule has 3 heterocycles. The molecule has 2 amide bonds. The first-order chi connectivity index (χ1) is 11.7. The first-order valence-corrected chi connectivity index (χ1v) is 8.98. The number of morpholine rings is 1. The summed E-state index contributed by atoms with van der Waals surface area (Å²) in [5, 5.41) is 14.4. The maximum atomic E-state index is 12.1. The van der Waals surface area contributed by atoms with Crippen LogP contribution in [0.5, 0.6) is 0 Å². The summed E-state index contributed by atoms with van der Waals surface area (Å²) in [5.74, 6) is 1.90. The van der Waals surface area contributed by atoms with Gasteiger partial charge < -0.3 is 19.9 Å². The minimum absolute atomic E-state index is 0.0959. The molecule has 24 heavy (non-hydrogen) atoms. The number of ether oxygens (including phenoxy) is 1. The highest BCUT2D eigenvalue weighted by atomic mass is 16.5. The molecule has 0 aromatic carbocycles. The zero-order chi connectivity index (χ0) is 16.8. The number of aryl methyl sites for hydroxylation is 1. The Labute approximate surface area is 142 Å². The van der Waals surface area contributed by atoms with E-state index in [0.717, 1.165) is 63.9 Å². The molecule has 8 heteroatoms. The van der Waals surface area contributed by atoms with E-state index >= 15 is 0 Å². The largest absolute Gasteiger partial charge is 0.379 e. The summed E-state index contributed by atoms with van der Waals surface area (Å²) in [6.07, 6.45) is 4.54. The smallest absolute Gasteiger partial charge is 0.315 e. The number of rotatable bonds is 5. The minimum Gasteiger partial charge on any atom is -0.379 e. The first-order valence-electron chi connectivity index (χ1n) is 8.98. The average molecular weight is 336 g/mol. The van der Waals surface area contributed by atoms with Crippen LogP contribution in [0.25, 0.3) is 0 Å². The third-order valence-electron chi connectivity index (χ3n) is 4.61. The van der Waals surface area contributed by atoms with E-state index in [1.165, 1.54) is 12.8 Å². The number of nitrogens with one attached hydrogen (secondary N) is 2. The monoisotopic (exact) mass is 336 g/mol. The number of urea groups is 1. The Morgan fingerprint density at radius 2 is 2.04 bits per heavy atom. The molecular weight excluding hydrogens is 308 g/mol. The average Bonchev–Trinajstić information content (AvgIpc) is 2.80. The predicted octanol–water partition coefficient (Wildman–Crippen LogP) is 0.524. The van der Waals surface area contributed by atoms with E-state index in [2.05, 4.69) is 30.3 Å². The van der Waals surface area contributed by atoms with Gasteiger partial charge in [-0.1, -0.05) is 6.42 Å². The molecule has 1 fully saturated rings. The van der Waals surface area contributed by atoms with Crippen LogP contribution in [-0.2, 0) is 24.2 Å². The third kappa shape index (κ3) is 4.67. The van der Waals surface area contributed by atoms with Gasteiger partial charge in [0.2, 0.25) is 0 Å². The fraction of sp³-hybridized carbons (Fsp3) is 0.812. The molecule has 0 aliphatic carbocycles. The van der Waals surface area contributed by atoms with Crippen LogP contribution in [0.4, 0.5) is 4.79 Å². The van der Waals surface area contributed by atoms with Gasteiger partial charge in [0.15, 0.2) is 5.82 Å². The molecule has 0 saturated carbocycles. The van der Waals surface area contributed by atoms with E-state index in [4.69, 9.17) is 4.74 Å². The molecular formula is C16H28N6O2. The van der Waals surface area contributed by atoms with Crippen molar-refractivity contribution >= 4 is 6.03 Å². The summed E-state index contributed by atoms with van der Waals surface area (Å²) in [7, 11) is 0. The van der Waals surface area contributed by atoms with E-state index in [1.54, 1.807) is 0 Å². The van der Waals surface area contributed by atoms with Crippen LogP contribution in [0.1, 0.15) is 37.8 Å². The first kappa shape index (κ1) is 17.2. The molecule has 1 aromatic heterocycles. The fourth-order valence-electron chi connectivity index (χ4n) is 3.33. The van der Waals surface area contributed by atoms with Gasteiger partial charge in [-0.05, 0) is 19.8 Å². The summed E-state index contributed by atoms with van der Waals surface area (Å²) < 4.78 is 7.50. The Morgan fingerprint density at radius 3 is 2.88 bits per heavy atom. The number of fused-ring (bicyclic) bond motifs is 1. The van der Waals surface area contributed by atoms with Crippen molar-refractivity contribution in [3.63, 3.8) is 0 Å². The lowest BCUT2D eigenvalue weighted by atomic mass is 10.2. The topological polar surface area (TPSA) is 84.3 Å². The highest BCUT2D eigenvalue weighted by Gasteiger charge is 2.17. The molecule has 0 unspecified atom stereocenters. The van der Waals surface area contributed by atoms with Crippen LogP contribution >= 0.6 is 0 Å². The van der Waals surface area contributed by atoms with Crippen molar-refractivity contribution in [3.05, 3.63) is 11.6 Å². The van der Waals surface area contributed by atoms with Gasteiger partial charge in [0, 0.05) is 38.6 Å². The molecule has 2 aliphatic rings. The van der Waals surface area contributed by atoms with Crippen molar-refractivity contribution < 1.29 is 9.53 Å². The van der Waals surface area contributed by atoms with Crippen LogP contribution < -0.4 is 10.6 Å². The number of amides is 2. The molecule has 2 N–H and O–H groups in total. The second kappa shape index (κ2) is 8.43. The molecule has 8 nitrogen and oxygen atoms in total. The highest BCUT2D eigenvalue weighted by Crippen LogP contribution is 2.14. The summed E-state index contributed by atoms with van der Waals surface area (Å²) in [6, 6.07) is -0.0552. The third-order valence-corrected chi connectivity index (χ3v) is 4.61. The van der Waals surface area contributed by atoms with E-state index in [9.17, 15) is 4.79 Å². The molecule has 1 saturated heterocycles. The highest BCUT2D eigenvalue weighted by molar-refractivity contribution is 5.74. The lowest BCUT2D eigenvalue weighted by molar-refractivity contribution is 0.0349. The Bertz CT molecular complexity index is 541. The minimum atomic E-state index is -0.151. The summed E-state index contributed by atoms with van der Waals surface area (Å²) in [4.78, 5) is 14.4. The molecule has 3 rings (SSSR count). The number of hydrogen-bond donors (Lipinski definition) is 2. The van der Waals surface area contributed by atoms with E-state index in [0.29, 0.717) is 6.54 Å². The summed E-state index contributed by atoms with van der Waals surface area (Å²) in [5.41, 5.74) is 0. The molecule has 1 aromatic rings. The normalized spacial score (nSPS) is 20.0. The number of carbonyl (C=O) groups is 1. The van der Waals surface area contributed by atoms with Crippen molar-refractivity contribution in [3.8, 4) is 0 Å². The zero-order valence-corrected chi connectivity index (χ0v) is 14.5. The molecule has 2 aliphatic heterocycles. The Balaban J connectivity index is 1.43. The van der Waals surface area contributed by atoms with Gasteiger partial charge in [0.1, 0.15) is 5.82 Å². The van der Waals surface area contributed by atoms with E-state index in [1.807, 2.05) is 6.92 Å².